The van der Waals surface area contributed by atoms with Crippen molar-refractivity contribution in [1.29, 1.82) is 0 Å². The number of nitro groups is 1. The molecule has 124 valence electrons. The molecule has 1 N–H and O–H groups in total. The van der Waals surface area contributed by atoms with E-state index in [2.05, 4.69) is 15.0 Å². The minimum atomic E-state index is -2.95. The molecular weight excluding hydrogens is 320 g/mol. The third kappa shape index (κ3) is 5.04. The molecule has 0 unspecified atom stereocenters. The molecule has 0 aliphatic carbocycles. The van der Waals surface area contributed by atoms with Gasteiger partial charge in [-0.2, -0.15) is 8.78 Å². The zero-order valence-corrected chi connectivity index (χ0v) is 12.8. The Balaban J connectivity index is 0.00000242. The van der Waals surface area contributed by atoms with Crippen LogP contribution in [0.3, 0.4) is 0 Å². The van der Waals surface area contributed by atoms with Crippen LogP contribution in [0.4, 0.5) is 14.5 Å². The lowest BCUT2D eigenvalue weighted by Gasteiger charge is -2.32. The summed E-state index contributed by atoms with van der Waals surface area (Å²) in [5.41, 5.74) is 0.272. The molecule has 1 aromatic rings. The molecule has 2 rings (SSSR count). The lowest BCUT2D eigenvalue weighted by molar-refractivity contribution is -0.385. The van der Waals surface area contributed by atoms with Gasteiger partial charge in [0.15, 0.2) is 0 Å². The molecule has 1 atom stereocenters. The van der Waals surface area contributed by atoms with Crippen molar-refractivity contribution in [2.75, 3.05) is 19.6 Å². The summed E-state index contributed by atoms with van der Waals surface area (Å²) >= 11 is 0. The molecule has 0 spiro atoms. The monoisotopic (exact) mass is 337 g/mol. The summed E-state index contributed by atoms with van der Waals surface area (Å²) in [6.07, 6.45) is 0. The SMILES string of the molecule is C[C@@H]1CN(Cc2cc([N+](=O)[O-])ccc2OC(F)F)CCN1.Cl. The van der Waals surface area contributed by atoms with Gasteiger partial charge in [-0.15, -0.1) is 12.4 Å². The Morgan fingerprint density at radius 2 is 2.27 bits per heavy atom. The molecule has 0 aromatic heterocycles. The Labute approximate surface area is 133 Å². The fourth-order valence-electron chi connectivity index (χ4n) is 2.41. The van der Waals surface area contributed by atoms with Gasteiger partial charge >= 0.3 is 6.61 Å². The van der Waals surface area contributed by atoms with E-state index in [9.17, 15) is 18.9 Å². The number of benzene rings is 1. The summed E-state index contributed by atoms with van der Waals surface area (Å²) in [5.74, 6) is -0.0122. The molecule has 1 heterocycles. The number of alkyl halides is 2. The number of ether oxygens (including phenoxy) is 1. The van der Waals surface area contributed by atoms with Crippen LogP contribution < -0.4 is 10.1 Å². The van der Waals surface area contributed by atoms with Crippen molar-refractivity contribution >= 4 is 18.1 Å². The van der Waals surface area contributed by atoms with Crippen LogP contribution in [0.2, 0.25) is 0 Å². The van der Waals surface area contributed by atoms with Crippen molar-refractivity contribution in [2.45, 2.75) is 26.1 Å². The number of hydrogen-bond acceptors (Lipinski definition) is 5. The minimum Gasteiger partial charge on any atom is -0.434 e. The van der Waals surface area contributed by atoms with Gasteiger partial charge in [-0.3, -0.25) is 15.0 Å². The number of hydrogen-bond donors (Lipinski definition) is 1. The average Bonchev–Trinajstić information content (AvgIpc) is 2.40. The summed E-state index contributed by atoms with van der Waals surface area (Å²) in [7, 11) is 0. The van der Waals surface area contributed by atoms with E-state index in [0.717, 1.165) is 19.6 Å². The smallest absolute Gasteiger partial charge is 0.387 e. The van der Waals surface area contributed by atoms with E-state index in [-0.39, 0.29) is 29.9 Å². The highest BCUT2D eigenvalue weighted by Gasteiger charge is 2.20. The van der Waals surface area contributed by atoms with Crippen LogP contribution in [0, 0.1) is 10.1 Å². The number of piperazine rings is 1. The molecule has 0 radical (unpaired) electrons. The summed E-state index contributed by atoms with van der Waals surface area (Å²) in [6, 6.07) is 3.98. The molecule has 22 heavy (non-hydrogen) atoms. The van der Waals surface area contributed by atoms with E-state index in [1.165, 1.54) is 18.2 Å². The van der Waals surface area contributed by atoms with Crippen molar-refractivity contribution in [3.8, 4) is 5.75 Å². The Morgan fingerprint density at radius 1 is 1.55 bits per heavy atom. The Morgan fingerprint density at radius 3 is 2.86 bits per heavy atom. The topological polar surface area (TPSA) is 67.6 Å². The van der Waals surface area contributed by atoms with Crippen LogP contribution in [-0.4, -0.2) is 42.1 Å². The molecule has 9 heteroatoms. The fourth-order valence-corrected chi connectivity index (χ4v) is 2.41. The maximum absolute atomic E-state index is 12.4. The highest BCUT2D eigenvalue weighted by atomic mass is 35.5. The largest absolute Gasteiger partial charge is 0.434 e. The first-order chi connectivity index (χ1) is 9.95. The first-order valence-electron chi connectivity index (χ1n) is 6.63. The van der Waals surface area contributed by atoms with Crippen LogP contribution in [-0.2, 0) is 6.54 Å². The van der Waals surface area contributed by atoms with Crippen molar-refractivity contribution < 1.29 is 18.4 Å². The van der Waals surface area contributed by atoms with Gasteiger partial charge in [-0.05, 0) is 13.0 Å². The molecule has 0 bridgehead atoms. The summed E-state index contributed by atoms with van der Waals surface area (Å²) < 4.78 is 29.3. The number of nitrogens with one attached hydrogen (secondary N) is 1. The Hall–Kier alpha value is -1.51. The van der Waals surface area contributed by atoms with Crippen LogP contribution in [0.25, 0.3) is 0 Å². The van der Waals surface area contributed by atoms with Crippen molar-refractivity contribution in [3.63, 3.8) is 0 Å². The third-order valence-corrected chi connectivity index (χ3v) is 3.32. The van der Waals surface area contributed by atoms with Gasteiger partial charge in [0.2, 0.25) is 0 Å². The lowest BCUT2D eigenvalue weighted by atomic mass is 10.1. The summed E-state index contributed by atoms with van der Waals surface area (Å²) in [5, 5.41) is 14.1. The summed E-state index contributed by atoms with van der Waals surface area (Å²) in [6.45, 7) is 1.71. The third-order valence-electron chi connectivity index (χ3n) is 3.32. The highest BCUT2D eigenvalue weighted by Crippen LogP contribution is 2.27. The van der Waals surface area contributed by atoms with Crippen molar-refractivity contribution in [3.05, 3.63) is 33.9 Å². The molecule has 1 fully saturated rings. The van der Waals surface area contributed by atoms with Crippen molar-refractivity contribution in [1.82, 2.24) is 10.2 Å². The molecule has 1 saturated heterocycles. The van der Waals surface area contributed by atoms with Gasteiger partial charge in [-0.25, -0.2) is 0 Å². The van der Waals surface area contributed by atoms with Gasteiger partial charge < -0.3 is 10.1 Å². The lowest BCUT2D eigenvalue weighted by Crippen LogP contribution is -2.48. The number of nitro benzene ring substituents is 1. The van der Waals surface area contributed by atoms with Gasteiger partial charge in [0.1, 0.15) is 5.75 Å². The number of non-ortho nitro benzene ring substituents is 1. The van der Waals surface area contributed by atoms with E-state index in [0.29, 0.717) is 12.1 Å². The Kier molecular flexibility index (Phi) is 6.92. The molecule has 0 amide bonds. The zero-order chi connectivity index (χ0) is 15.4. The Bertz CT molecular complexity index is 519. The van der Waals surface area contributed by atoms with Crippen LogP contribution in [0.15, 0.2) is 18.2 Å². The van der Waals surface area contributed by atoms with Crippen molar-refractivity contribution in [2.24, 2.45) is 0 Å². The molecular formula is C13H18ClF2N3O3. The van der Waals surface area contributed by atoms with Gasteiger partial charge in [0.25, 0.3) is 5.69 Å². The normalized spacial score (nSPS) is 18.8. The molecule has 1 aliphatic heterocycles. The maximum atomic E-state index is 12.4. The average molecular weight is 338 g/mol. The second kappa shape index (κ2) is 8.21. The number of halogens is 3. The van der Waals surface area contributed by atoms with E-state index in [4.69, 9.17) is 0 Å². The van der Waals surface area contributed by atoms with E-state index in [1.54, 1.807) is 0 Å². The maximum Gasteiger partial charge on any atom is 0.387 e. The predicted octanol–water partition coefficient (Wildman–Crippen LogP) is 2.41. The van der Waals surface area contributed by atoms with Crippen LogP contribution >= 0.6 is 12.4 Å². The zero-order valence-electron chi connectivity index (χ0n) is 12.0. The molecule has 6 nitrogen and oxygen atoms in total. The second-order valence-corrected chi connectivity index (χ2v) is 5.02. The standard InChI is InChI=1S/C13H17F2N3O3.ClH/c1-9-7-17(5-4-16-9)8-10-6-11(18(19)20)2-3-12(10)21-13(14)15;/h2-3,6,9,13,16H,4-5,7-8H2,1H3;1H/t9-;/m1./s1. The fraction of sp³-hybridized carbons (Fsp3) is 0.538. The van der Waals surface area contributed by atoms with Gasteiger partial charge in [0, 0.05) is 49.9 Å². The van der Waals surface area contributed by atoms with Crippen LogP contribution in [0.5, 0.6) is 5.75 Å². The summed E-state index contributed by atoms with van der Waals surface area (Å²) in [4.78, 5) is 12.3. The second-order valence-electron chi connectivity index (χ2n) is 5.02. The highest BCUT2D eigenvalue weighted by molar-refractivity contribution is 5.85. The molecule has 1 aromatic carbocycles. The number of nitrogens with zero attached hydrogens (tertiary/aromatic N) is 2. The molecule has 1 aliphatic rings. The first-order valence-corrected chi connectivity index (χ1v) is 6.63. The quantitative estimate of drug-likeness (QED) is 0.660. The van der Waals surface area contributed by atoms with E-state index < -0.39 is 11.5 Å². The first kappa shape index (κ1) is 18.5. The van der Waals surface area contributed by atoms with Crippen LogP contribution in [0.1, 0.15) is 12.5 Å². The van der Waals surface area contributed by atoms with E-state index in [1.807, 2.05) is 6.92 Å². The van der Waals surface area contributed by atoms with Gasteiger partial charge in [-0.1, -0.05) is 0 Å². The number of rotatable bonds is 5. The predicted molar refractivity (Wildman–Crippen MR) is 79.7 cm³/mol. The van der Waals surface area contributed by atoms with E-state index >= 15 is 0 Å². The van der Waals surface area contributed by atoms with Gasteiger partial charge in [0.05, 0.1) is 4.92 Å². The minimum absolute atomic E-state index is 0. The molecule has 0 saturated carbocycles.